The molecule has 0 aromatic heterocycles. The van der Waals surface area contributed by atoms with Crippen molar-refractivity contribution in [3.63, 3.8) is 0 Å². The van der Waals surface area contributed by atoms with Gasteiger partial charge in [-0.3, -0.25) is 4.79 Å². The van der Waals surface area contributed by atoms with Crippen molar-refractivity contribution < 1.29 is 24.6 Å². The van der Waals surface area contributed by atoms with E-state index in [2.05, 4.69) is 12.2 Å². The summed E-state index contributed by atoms with van der Waals surface area (Å²) < 4.78 is 0. The number of carbonyl (C=O) groups is 3. The minimum Gasteiger partial charge on any atom is -0.481 e. The molecule has 1 rings (SSSR count). The second-order valence-corrected chi connectivity index (χ2v) is 5.71. The molecule has 0 saturated heterocycles. The number of hydrogen-bond acceptors (Lipinski definition) is 3. The number of urea groups is 1. The maximum absolute atomic E-state index is 12.2. The van der Waals surface area contributed by atoms with Gasteiger partial charge in [-0.2, -0.15) is 0 Å². The van der Waals surface area contributed by atoms with Gasteiger partial charge in [0.1, 0.15) is 6.04 Å². The lowest BCUT2D eigenvalue weighted by atomic mass is 9.85. The molecule has 0 radical (unpaired) electrons. The average Bonchev–Trinajstić information content (AvgIpc) is 2.42. The van der Waals surface area contributed by atoms with Gasteiger partial charge in [0.25, 0.3) is 0 Å². The zero-order chi connectivity index (χ0) is 16.0. The van der Waals surface area contributed by atoms with Crippen molar-refractivity contribution in [2.75, 3.05) is 7.05 Å². The molecule has 1 saturated carbocycles. The van der Waals surface area contributed by atoms with Gasteiger partial charge in [0, 0.05) is 19.5 Å². The van der Waals surface area contributed by atoms with E-state index >= 15 is 0 Å². The molecule has 7 heteroatoms. The third-order valence-corrected chi connectivity index (χ3v) is 4.13. The largest absolute Gasteiger partial charge is 0.481 e. The van der Waals surface area contributed by atoms with Crippen LogP contribution in [-0.4, -0.2) is 52.2 Å². The van der Waals surface area contributed by atoms with E-state index < -0.39 is 24.0 Å². The highest BCUT2D eigenvalue weighted by Gasteiger charge is 2.30. The van der Waals surface area contributed by atoms with Gasteiger partial charge in [0.15, 0.2) is 0 Å². The highest BCUT2D eigenvalue weighted by Crippen LogP contribution is 2.27. The normalized spacial score (nSPS) is 23.1. The molecule has 0 aliphatic heterocycles. The van der Waals surface area contributed by atoms with E-state index in [1.54, 1.807) is 11.9 Å². The molecular formula is C14H24N2O5. The molecular weight excluding hydrogens is 276 g/mol. The minimum absolute atomic E-state index is 0.104. The third kappa shape index (κ3) is 5.24. The van der Waals surface area contributed by atoms with Gasteiger partial charge in [-0.25, -0.2) is 9.59 Å². The fourth-order valence-corrected chi connectivity index (χ4v) is 2.80. The highest BCUT2D eigenvalue weighted by atomic mass is 16.4. The summed E-state index contributed by atoms with van der Waals surface area (Å²) in [5.74, 6) is -1.91. The van der Waals surface area contributed by atoms with E-state index in [0.29, 0.717) is 5.92 Å². The molecule has 0 aromatic carbocycles. The molecule has 120 valence electrons. The van der Waals surface area contributed by atoms with Gasteiger partial charge in [0.05, 0.1) is 0 Å². The molecule has 0 aromatic rings. The Morgan fingerprint density at radius 3 is 2.38 bits per heavy atom. The quantitative estimate of drug-likeness (QED) is 0.689. The second kappa shape index (κ2) is 7.85. The summed E-state index contributed by atoms with van der Waals surface area (Å²) in [5.41, 5.74) is 0. The number of carboxylic acids is 2. The molecule has 3 atom stereocenters. The van der Waals surface area contributed by atoms with Crippen LogP contribution in [-0.2, 0) is 9.59 Å². The number of aliphatic carboxylic acids is 2. The summed E-state index contributed by atoms with van der Waals surface area (Å²) in [6, 6.07) is -1.52. The number of nitrogens with zero attached hydrogens (tertiary/aromatic N) is 1. The van der Waals surface area contributed by atoms with Crippen molar-refractivity contribution in [2.24, 2.45) is 5.92 Å². The predicted molar refractivity (Wildman–Crippen MR) is 76.0 cm³/mol. The molecule has 1 aliphatic carbocycles. The number of amides is 2. The Labute approximate surface area is 124 Å². The van der Waals surface area contributed by atoms with Crippen molar-refractivity contribution >= 4 is 18.0 Å². The topological polar surface area (TPSA) is 107 Å². The molecule has 1 aliphatic rings. The van der Waals surface area contributed by atoms with Crippen molar-refractivity contribution in [1.82, 2.24) is 10.2 Å². The van der Waals surface area contributed by atoms with Gasteiger partial charge >= 0.3 is 18.0 Å². The van der Waals surface area contributed by atoms with Gasteiger partial charge in [-0.1, -0.05) is 19.8 Å². The molecule has 0 spiro atoms. The highest BCUT2D eigenvalue weighted by molar-refractivity contribution is 5.83. The zero-order valence-corrected chi connectivity index (χ0v) is 12.5. The van der Waals surface area contributed by atoms with E-state index in [9.17, 15) is 14.4 Å². The maximum Gasteiger partial charge on any atom is 0.326 e. The van der Waals surface area contributed by atoms with Crippen molar-refractivity contribution in [3.8, 4) is 0 Å². The monoisotopic (exact) mass is 300 g/mol. The van der Waals surface area contributed by atoms with Crippen molar-refractivity contribution in [1.29, 1.82) is 0 Å². The number of nitrogens with one attached hydrogen (secondary N) is 1. The van der Waals surface area contributed by atoms with Crippen LogP contribution in [0, 0.1) is 5.92 Å². The van der Waals surface area contributed by atoms with Crippen molar-refractivity contribution in [3.05, 3.63) is 0 Å². The zero-order valence-electron chi connectivity index (χ0n) is 12.5. The Hall–Kier alpha value is -1.79. The lowest BCUT2D eigenvalue weighted by Crippen LogP contribution is -2.51. The Bertz CT molecular complexity index is 399. The maximum atomic E-state index is 12.2. The van der Waals surface area contributed by atoms with E-state index in [0.717, 1.165) is 25.7 Å². The van der Waals surface area contributed by atoms with Crippen LogP contribution in [0.2, 0.25) is 0 Å². The van der Waals surface area contributed by atoms with Crippen LogP contribution in [0.15, 0.2) is 0 Å². The smallest absolute Gasteiger partial charge is 0.326 e. The van der Waals surface area contributed by atoms with Gasteiger partial charge < -0.3 is 20.4 Å². The summed E-state index contributed by atoms with van der Waals surface area (Å²) in [4.78, 5) is 35.3. The Balaban J connectivity index is 2.59. The van der Waals surface area contributed by atoms with E-state index in [1.807, 2.05) is 0 Å². The van der Waals surface area contributed by atoms with Gasteiger partial charge in [-0.05, 0) is 25.2 Å². The Morgan fingerprint density at radius 2 is 1.86 bits per heavy atom. The van der Waals surface area contributed by atoms with Gasteiger partial charge in [-0.15, -0.1) is 0 Å². The summed E-state index contributed by atoms with van der Waals surface area (Å²) in [6.07, 6.45) is 3.78. The molecule has 21 heavy (non-hydrogen) atoms. The van der Waals surface area contributed by atoms with Crippen LogP contribution >= 0.6 is 0 Å². The fourth-order valence-electron chi connectivity index (χ4n) is 2.80. The first kappa shape index (κ1) is 17.3. The summed E-state index contributed by atoms with van der Waals surface area (Å²) in [5, 5.41) is 20.1. The van der Waals surface area contributed by atoms with Crippen LogP contribution in [0.1, 0.15) is 45.4 Å². The minimum atomic E-state index is -1.21. The molecule has 7 nitrogen and oxygen atoms in total. The lowest BCUT2D eigenvalue weighted by molar-refractivity contribution is -0.140. The van der Waals surface area contributed by atoms with E-state index in [4.69, 9.17) is 10.2 Å². The summed E-state index contributed by atoms with van der Waals surface area (Å²) in [6.45, 7) is 2.09. The molecule has 1 fully saturated rings. The second-order valence-electron chi connectivity index (χ2n) is 5.71. The predicted octanol–water partition coefficient (Wildman–Crippen LogP) is 1.52. The summed E-state index contributed by atoms with van der Waals surface area (Å²) in [7, 11) is 1.66. The van der Waals surface area contributed by atoms with Crippen LogP contribution in [0.5, 0.6) is 0 Å². The first-order valence-corrected chi connectivity index (χ1v) is 7.30. The lowest BCUT2D eigenvalue weighted by Gasteiger charge is -2.36. The van der Waals surface area contributed by atoms with Crippen LogP contribution in [0.25, 0.3) is 0 Å². The third-order valence-electron chi connectivity index (χ3n) is 4.13. The Morgan fingerprint density at radius 1 is 1.24 bits per heavy atom. The fraction of sp³-hybridized carbons (Fsp3) is 0.786. The van der Waals surface area contributed by atoms with E-state index in [1.165, 1.54) is 0 Å². The molecule has 2 amide bonds. The van der Waals surface area contributed by atoms with E-state index in [-0.39, 0.29) is 18.9 Å². The molecule has 0 heterocycles. The first-order chi connectivity index (χ1) is 9.82. The molecule has 3 unspecified atom stereocenters. The van der Waals surface area contributed by atoms with Crippen LogP contribution in [0.3, 0.4) is 0 Å². The SMILES string of the molecule is CC1CCCCC1N(C)C(=O)NC(CCC(=O)O)C(=O)O. The molecule has 3 N–H and O–H groups in total. The number of hydrogen-bond donors (Lipinski definition) is 3. The number of rotatable bonds is 6. The number of carboxylic acid groups (broad SMARTS) is 2. The van der Waals surface area contributed by atoms with Crippen LogP contribution < -0.4 is 5.32 Å². The number of carbonyl (C=O) groups excluding carboxylic acids is 1. The summed E-state index contributed by atoms with van der Waals surface area (Å²) >= 11 is 0. The Kier molecular flexibility index (Phi) is 6.45. The average molecular weight is 300 g/mol. The standard InChI is InChI=1S/C14H24N2O5/c1-9-5-3-4-6-11(9)16(2)14(21)15-10(13(19)20)7-8-12(17)18/h9-11H,3-8H2,1-2H3,(H,15,21)(H,17,18)(H,19,20). The molecule has 0 bridgehead atoms. The van der Waals surface area contributed by atoms with Gasteiger partial charge in [0.2, 0.25) is 0 Å². The van der Waals surface area contributed by atoms with Crippen molar-refractivity contribution in [2.45, 2.75) is 57.5 Å². The first-order valence-electron chi connectivity index (χ1n) is 7.30. The van der Waals surface area contributed by atoms with Crippen LogP contribution in [0.4, 0.5) is 4.79 Å².